The Bertz CT molecular complexity index is 389. The third kappa shape index (κ3) is 3.06. The number of halogens is 1. The van der Waals surface area contributed by atoms with Crippen LogP contribution in [0, 0.1) is 0 Å². The minimum absolute atomic E-state index is 0.342. The Morgan fingerprint density at radius 3 is 2.38 bits per heavy atom. The van der Waals surface area contributed by atoms with Gasteiger partial charge in [0, 0.05) is 5.56 Å². The molecule has 4 nitrogen and oxygen atoms in total. The van der Waals surface area contributed by atoms with Crippen LogP contribution in [-0.4, -0.2) is 23.4 Å². The van der Waals surface area contributed by atoms with Crippen molar-refractivity contribution >= 4 is 27.8 Å². The van der Waals surface area contributed by atoms with Gasteiger partial charge in [0.05, 0.1) is 7.11 Å². The van der Waals surface area contributed by atoms with Gasteiger partial charge in [-0.15, -0.1) is 0 Å². The number of nitrogens with one attached hydrogen (secondary N) is 1. The molecule has 0 fully saturated rings. The molecule has 1 N–H and O–H groups in total. The fourth-order valence-corrected chi connectivity index (χ4v) is 1.46. The minimum atomic E-state index is -1.21. The molecule has 1 atom stereocenters. The van der Waals surface area contributed by atoms with Crippen molar-refractivity contribution in [3.63, 3.8) is 0 Å². The molecule has 0 radical (unpaired) electrons. The van der Waals surface area contributed by atoms with E-state index >= 15 is 0 Å². The quantitative estimate of drug-likeness (QED) is 0.523. The van der Waals surface area contributed by atoms with E-state index in [0.29, 0.717) is 5.56 Å². The maximum atomic E-state index is 11.7. The summed E-state index contributed by atoms with van der Waals surface area (Å²) < 4.78 is 3.34. The van der Waals surface area contributed by atoms with Gasteiger partial charge >= 0.3 is 5.97 Å². The number of ether oxygens (including phenoxy) is 1. The maximum absolute atomic E-state index is 11.7. The van der Waals surface area contributed by atoms with E-state index in [4.69, 9.17) is 0 Å². The van der Waals surface area contributed by atoms with Crippen LogP contribution in [0.5, 0.6) is 0 Å². The molecule has 1 unspecified atom stereocenters. The molecule has 0 bridgehead atoms. The number of carbonyl (C=O) groups excluding carboxylic acids is 2. The molecule has 0 aliphatic carbocycles. The standard InChI is InChI=1S/C11H12BrNO3/c1-11(12,10(15)16-2)13-9(14)8-6-4-3-5-7-8/h3-7H,1-2H3,(H,13,14). The number of methoxy groups -OCH3 is 1. The van der Waals surface area contributed by atoms with Gasteiger partial charge in [0.1, 0.15) is 0 Å². The number of carbonyl (C=O) groups is 2. The Kier molecular flexibility index (Phi) is 4.06. The number of esters is 1. The van der Waals surface area contributed by atoms with E-state index in [2.05, 4.69) is 26.0 Å². The third-order valence-electron chi connectivity index (χ3n) is 1.95. The predicted molar refractivity (Wildman–Crippen MR) is 63.3 cm³/mol. The van der Waals surface area contributed by atoms with E-state index < -0.39 is 10.4 Å². The van der Waals surface area contributed by atoms with Crippen LogP contribution in [0.4, 0.5) is 0 Å². The molecular weight excluding hydrogens is 274 g/mol. The molecule has 1 aromatic rings. The smallest absolute Gasteiger partial charge is 0.342 e. The third-order valence-corrected chi connectivity index (χ3v) is 2.47. The summed E-state index contributed by atoms with van der Waals surface area (Å²) in [5.41, 5.74) is 0.483. The number of rotatable bonds is 3. The Morgan fingerprint density at radius 1 is 1.31 bits per heavy atom. The van der Waals surface area contributed by atoms with Crippen molar-refractivity contribution < 1.29 is 14.3 Å². The topological polar surface area (TPSA) is 55.4 Å². The van der Waals surface area contributed by atoms with Gasteiger partial charge in [-0.2, -0.15) is 0 Å². The zero-order chi connectivity index (χ0) is 12.2. The lowest BCUT2D eigenvalue weighted by Gasteiger charge is -2.20. The molecule has 0 aliphatic heterocycles. The van der Waals surface area contributed by atoms with Crippen LogP contribution in [0.2, 0.25) is 0 Å². The first kappa shape index (κ1) is 12.7. The first-order valence-corrected chi connectivity index (χ1v) is 5.41. The second kappa shape index (κ2) is 5.12. The Balaban J connectivity index is 2.76. The highest BCUT2D eigenvalue weighted by atomic mass is 79.9. The highest BCUT2D eigenvalue weighted by Gasteiger charge is 2.33. The molecule has 16 heavy (non-hydrogen) atoms. The summed E-state index contributed by atoms with van der Waals surface area (Å²) in [5.74, 6) is -0.901. The number of hydrogen-bond donors (Lipinski definition) is 1. The second-order valence-electron chi connectivity index (χ2n) is 3.31. The predicted octanol–water partition coefficient (Wildman–Crippen LogP) is 1.70. The number of alkyl halides is 1. The number of benzene rings is 1. The SMILES string of the molecule is COC(=O)C(C)(Br)NC(=O)c1ccccc1. The number of amides is 1. The molecule has 0 saturated heterocycles. The van der Waals surface area contributed by atoms with Gasteiger partial charge in [-0.3, -0.25) is 4.79 Å². The van der Waals surface area contributed by atoms with Crippen LogP contribution >= 0.6 is 15.9 Å². The largest absolute Gasteiger partial charge is 0.467 e. The minimum Gasteiger partial charge on any atom is -0.467 e. The van der Waals surface area contributed by atoms with Crippen molar-refractivity contribution in [3.05, 3.63) is 35.9 Å². The number of hydrogen-bond acceptors (Lipinski definition) is 3. The van der Waals surface area contributed by atoms with Gasteiger partial charge < -0.3 is 10.1 Å². The molecule has 1 amide bonds. The van der Waals surface area contributed by atoms with E-state index in [1.165, 1.54) is 14.0 Å². The Hall–Kier alpha value is -1.36. The van der Waals surface area contributed by atoms with Crippen LogP contribution in [-0.2, 0) is 9.53 Å². The van der Waals surface area contributed by atoms with Crippen LogP contribution < -0.4 is 5.32 Å². The summed E-state index contributed by atoms with van der Waals surface area (Å²) in [4.78, 5) is 23.0. The van der Waals surface area contributed by atoms with Gasteiger partial charge in [0.2, 0.25) is 0 Å². The fraction of sp³-hybridized carbons (Fsp3) is 0.273. The van der Waals surface area contributed by atoms with E-state index in [1.807, 2.05) is 6.07 Å². The Labute approximate surface area is 102 Å². The van der Waals surface area contributed by atoms with E-state index in [1.54, 1.807) is 24.3 Å². The van der Waals surface area contributed by atoms with Gasteiger partial charge in [0.15, 0.2) is 4.45 Å². The molecule has 0 spiro atoms. The lowest BCUT2D eigenvalue weighted by Crippen LogP contribution is -2.47. The van der Waals surface area contributed by atoms with Crippen molar-refractivity contribution in [2.45, 2.75) is 11.4 Å². The van der Waals surface area contributed by atoms with Gasteiger partial charge in [0.25, 0.3) is 5.91 Å². The zero-order valence-electron chi connectivity index (χ0n) is 8.99. The fourth-order valence-electron chi connectivity index (χ4n) is 1.12. The highest BCUT2D eigenvalue weighted by molar-refractivity contribution is 9.10. The average molecular weight is 286 g/mol. The molecular formula is C11H12BrNO3. The summed E-state index contributed by atoms with van der Waals surface area (Å²) in [7, 11) is 1.26. The lowest BCUT2D eigenvalue weighted by atomic mass is 10.2. The van der Waals surface area contributed by atoms with E-state index in [-0.39, 0.29) is 5.91 Å². The van der Waals surface area contributed by atoms with Crippen LogP contribution in [0.3, 0.4) is 0 Å². The summed E-state index contributed by atoms with van der Waals surface area (Å²) in [6.45, 7) is 1.51. The monoisotopic (exact) mass is 285 g/mol. The van der Waals surface area contributed by atoms with Crippen LogP contribution in [0.25, 0.3) is 0 Å². The van der Waals surface area contributed by atoms with Crippen molar-refractivity contribution in [3.8, 4) is 0 Å². The first-order chi connectivity index (χ1) is 7.47. The average Bonchev–Trinajstić information content (AvgIpc) is 2.28. The summed E-state index contributed by atoms with van der Waals surface area (Å²) in [6.07, 6.45) is 0. The van der Waals surface area contributed by atoms with Crippen molar-refractivity contribution in [2.24, 2.45) is 0 Å². The molecule has 0 aromatic heterocycles. The van der Waals surface area contributed by atoms with Crippen LogP contribution in [0.1, 0.15) is 17.3 Å². The maximum Gasteiger partial charge on any atom is 0.342 e. The van der Waals surface area contributed by atoms with E-state index in [0.717, 1.165) is 0 Å². The first-order valence-electron chi connectivity index (χ1n) is 4.62. The van der Waals surface area contributed by atoms with Gasteiger partial charge in [-0.05, 0) is 35.0 Å². The highest BCUT2D eigenvalue weighted by Crippen LogP contribution is 2.16. The van der Waals surface area contributed by atoms with E-state index in [9.17, 15) is 9.59 Å². The molecule has 1 rings (SSSR count). The van der Waals surface area contributed by atoms with Crippen LogP contribution in [0.15, 0.2) is 30.3 Å². The Morgan fingerprint density at radius 2 is 1.88 bits per heavy atom. The lowest BCUT2D eigenvalue weighted by molar-refractivity contribution is -0.143. The normalized spacial score (nSPS) is 13.7. The summed E-state index contributed by atoms with van der Waals surface area (Å²) in [5, 5.41) is 2.53. The van der Waals surface area contributed by atoms with Gasteiger partial charge in [-0.25, -0.2) is 4.79 Å². The molecule has 86 valence electrons. The molecule has 0 aliphatic rings. The molecule has 0 heterocycles. The summed E-state index contributed by atoms with van der Waals surface area (Å²) >= 11 is 3.10. The van der Waals surface area contributed by atoms with Crippen molar-refractivity contribution in [1.82, 2.24) is 5.32 Å². The molecule has 5 heteroatoms. The molecule has 0 saturated carbocycles. The van der Waals surface area contributed by atoms with Crippen molar-refractivity contribution in [1.29, 1.82) is 0 Å². The summed E-state index contributed by atoms with van der Waals surface area (Å²) in [6, 6.07) is 8.63. The van der Waals surface area contributed by atoms with Gasteiger partial charge in [-0.1, -0.05) is 18.2 Å². The molecule has 1 aromatic carbocycles. The zero-order valence-corrected chi connectivity index (χ0v) is 10.6. The second-order valence-corrected chi connectivity index (χ2v) is 4.90. The van der Waals surface area contributed by atoms with Crippen molar-refractivity contribution in [2.75, 3.05) is 7.11 Å².